The van der Waals surface area contributed by atoms with E-state index in [2.05, 4.69) is 5.32 Å². The van der Waals surface area contributed by atoms with Crippen LogP contribution in [-0.2, 0) is 0 Å². The number of benzene rings is 1. The number of carbonyl (C=O) groups is 1. The summed E-state index contributed by atoms with van der Waals surface area (Å²) < 4.78 is 5.20. The first kappa shape index (κ1) is 17.9. The summed E-state index contributed by atoms with van der Waals surface area (Å²) in [7, 11) is 0. The zero-order valence-electron chi connectivity index (χ0n) is 13.4. The standard InChI is InChI=1S/C15H23N3O4/c1-5-22-13-7-6-11(8-12(13)18(20)21)14(19)17-15(4,9-16)10(2)3/h6-8,10H,5,9,16H2,1-4H3,(H,17,19). The Bertz CT molecular complexity index is 560. The Labute approximate surface area is 130 Å². The molecule has 7 nitrogen and oxygen atoms in total. The molecule has 3 N–H and O–H groups in total. The van der Waals surface area contributed by atoms with Gasteiger partial charge in [0.15, 0.2) is 5.75 Å². The van der Waals surface area contributed by atoms with Crippen LogP contribution in [0.2, 0.25) is 0 Å². The molecule has 0 aliphatic rings. The van der Waals surface area contributed by atoms with Gasteiger partial charge in [-0.1, -0.05) is 13.8 Å². The Morgan fingerprint density at radius 2 is 2.14 bits per heavy atom. The van der Waals surface area contributed by atoms with Gasteiger partial charge in [-0.05, 0) is 31.9 Å². The van der Waals surface area contributed by atoms with Gasteiger partial charge in [-0.2, -0.15) is 0 Å². The van der Waals surface area contributed by atoms with Gasteiger partial charge in [0.1, 0.15) is 0 Å². The van der Waals surface area contributed by atoms with Gasteiger partial charge in [0.2, 0.25) is 0 Å². The molecule has 0 fully saturated rings. The van der Waals surface area contributed by atoms with Crippen LogP contribution in [0.25, 0.3) is 0 Å². The minimum Gasteiger partial charge on any atom is -0.487 e. The lowest BCUT2D eigenvalue weighted by atomic mass is 9.88. The van der Waals surface area contributed by atoms with Crippen LogP contribution in [-0.4, -0.2) is 29.5 Å². The van der Waals surface area contributed by atoms with Crippen LogP contribution in [0.3, 0.4) is 0 Å². The molecule has 0 aliphatic carbocycles. The Balaban J connectivity index is 3.09. The van der Waals surface area contributed by atoms with Crippen molar-refractivity contribution in [2.45, 2.75) is 33.2 Å². The van der Waals surface area contributed by atoms with Crippen molar-refractivity contribution in [3.63, 3.8) is 0 Å². The van der Waals surface area contributed by atoms with E-state index in [0.717, 1.165) is 0 Å². The first-order valence-corrected chi connectivity index (χ1v) is 7.19. The van der Waals surface area contributed by atoms with E-state index in [1.54, 1.807) is 6.92 Å². The summed E-state index contributed by atoms with van der Waals surface area (Å²) in [6.07, 6.45) is 0. The molecule has 1 unspecified atom stereocenters. The molecule has 0 saturated carbocycles. The maximum Gasteiger partial charge on any atom is 0.311 e. The van der Waals surface area contributed by atoms with Gasteiger partial charge in [0.25, 0.3) is 5.91 Å². The third-order valence-electron chi connectivity index (χ3n) is 3.82. The molecule has 122 valence electrons. The lowest BCUT2D eigenvalue weighted by molar-refractivity contribution is -0.385. The van der Waals surface area contributed by atoms with Crippen molar-refractivity contribution in [3.8, 4) is 5.75 Å². The Morgan fingerprint density at radius 1 is 1.50 bits per heavy atom. The summed E-state index contributed by atoms with van der Waals surface area (Å²) in [5.41, 5.74) is 5.13. The van der Waals surface area contributed by atoms with E-state index in [9.17, 15) is 14.9 Å². The van der Waals surface area contributed by atoms with Gasteiger partial charge < -0.3 is 15.8 Å². The van der Waals surface area contributed by atoms with Crippen LogP contribution in [0.15, 0.2) is 18.2 Å². The van der Waals surface area contributed by atoms with Gasteiger partial charge in [0.05, 0.1) is 17.1 Å². The third-order valence-corrected chi connectivity index (χ3v) is 3.82. The van der Waals surface area contributed by atoms with Gasteiger partial charge in [-0.15, -0.1) is 0 Å². The summed E-state index contributed by atoms with van der Waals surface area (Å²) in [6.45, 7) is 8.07. The molecule has 0 spiro atoms. The molecule has 7 heteroatoms. The van der Waals surface area contributed by atoms with Crippen molar-refractivity contribution in [1.82, 2.24) is 5.32 Å². The molecule has 0 radical (unpaired) electrons. The van der Waals surface area contributed by atoms with Crippen LogP contribution in [0.5, 0.6) is 5.75 Å². The number of nitrogens with zero attached hydrogens (tertiary/aromatic N) is 1. The smallest absolute Gasteiger partial charge is 0.311 e. The average Bonchev–Trinajstić information content (AvgIpc) is 2.47. The Morgan fingerprint density at radius 3 is 2.59 bits per heavy atom. The molecule has 1 aromatic rings. The van der Waals surface area contributed by atoms with E-state index in [1.165, 1.54) is 18.2 Å². The molecule has 22 heavy (non-hydrogen) atoms. The van der Waals surface area contributed by atoms with Crippen molar-refractivity contribution < 1.29 is 14.5 Å². The third kappa shape index (κ3) is 3.94. The van der Waals surface area contributed by atoms with Gasteiger partial charge in [-0.3, -0.25) is 14.9 Å². The molecule has 1 aromatic carbocycles. The second kappa shape index (κ2) is 7.22. The van der Waals surface area contributed by atoms with Crippen molar-refractivity contribution >= 4 is 11.6 Å². The number of amides is 1. The largest absolute Gasteiger partial charge is 0.487 e. The predicted molar refractivity (Wildman–Crippen MR) is 84.0 cm³/mol. The zero-order valence-corrected chi connectivity index (χ0v) is 13.4. The van der Waals surface area contributed by atoms with E-state index >= 15 is 0 Å². The minimum absolute atomic E-state index is 0.124. The SMILES string of the molecule is CCOc1ccc(C(=O)NC(C)(CN)C(C)C)cc1[N+](=O)[O-]. The zero-order chi connectivity index (χ0) is 16.9. The number of nitro groups is 1. The maximum atomic E-state index is 12.3. The molecule has 0 aromatic heterocycles. The number of hydrogen-bond acceptors (Lipinski definition) is 5. The summed E-state index contributed by atoms with van der Waals surface area (Å²) in [5.74, 6) is -0.124. The fraction of sp³-hybridized carbons (Fsp3) is 0.533. The van der Waals surface area contributed by atoms with Gasteiger partial charge in [-0.25, -0.2) is 0 Å². The number of nitrogens with one attached hydrogen (secondary N) is 1. The van der Waals surface area contributed by atoms with E-state index < -0.39 is 16.4 Å². The fourth-order valence-electron chi connectivity index (χ4n) is 1.84. The Hall–Kier alpha value is -2.15. The number of nitro benzene ring substituents is 1. The highest BCUT2D eigenvalue weighted by molar-refractivity contribution is 5.95. The van der Waals surface area contributed by atoms with Crippen molar-refractivity contribution in [2.75, 3.05) is 13.2 Å². The second-order valence-electron chi connectivity index (χ2n) is 5.60. The summed E-state index contributed by atoms with van der Waals surface area (Å²) in [6, 6.07) is 4.16. The minimum atomic E-state index is -0.579. The Kier molecular flexibility index (Phi) is 5.87. The number of nitrogens with two attached hydrogens (primary N) is 1. The predicted octanol–water partition coefficient (Wildman–Crippen LogP) is 2.10. The van der Waals surface area contributed by atoms with E-state index in [1.807, 2.05) is 20.8 Å². The molecule has 0 saturated heterocycles. The normalized spacial score (nSPS) is 13.5. The van der Waals surface area contributed by atoms with Gasteiger partial charge in [0, 0.05) is 18.2 Å². The molecule has 0 aliphatic heterocycles. The number of hydrogen-bond donors (Lipinski definition) is 2. The van der Waals surface area contributed by atoms with Crippen LogP contribution in [0.1, 0.15) is 38.1 Å². The quantitative estimate of drug-likeness (QED) is 0.592. The van der Waals surface area contributed by atoms with Crippen molar-refractivity contribution in [3.05, 3.63) is 33.9 Å². The highest BCUT2D eigenvalue weighted by atomic mass is 16.6. The van der Waals surface area contributed by atoms with Crippen LogP contribution in [0.4, 0.5) is 5.69 Å². The van der Waals surface area contributed by atoms with Crippen LogP contribution >= 0.6 is 0 Å². The molecule has 0 bridgehead atoms. The van der Waals surface area contributed by atoms with Crippen molar-refractivity contribution in [2.24, 2.45) is 11.7 Å². The lowest BCUT2D eigenvalue weighted by Gasteiger charge is -2.33. The maximum absolute atomic E-state index is 12.3. The molecule has 1 amide bonds. The van der Waals surface area contributed by atoms with E-state index in [4.69, 9.17) is 10.5 Å². The lowest BCUT2D eigenvalue weighted by Crippen LogP contribution is -2.55. The van der Waals surface area contributed by atoms with Crippen LogP contribution in [0, 0.1) is 16.0 Å². The van der Waals surface area contributed by atoms with E-state index in [-0.39, 0.29) is 29.5 Å². The van der Waals surface area contributed by atoms with Crippen molar-refractivity contribution in [1.29, 1.82) is 0 Å². The first-order chi connectivity index (χ1) is 10.2. The van der Waals surface area contributed by atoms with Crippen LogP contribution < -0.4 is 15.8 Å². The summed E-state index contributed by atoms with van der Waals surface area (Å²) in [5, 5.41) is 13.9. The summed E-state index contributed by atoms with van der Waals surface area (Å²) >= 11 is 0. The molecular weight excluding hydrogens is 286 g/mol. The fourth-order valence-corrected chi connectivity index (χ4v) is 1.84. The summed E-state index contributed by atoms with van der Waals surface area (Å²) in [4.78, 5) is 22.9. The highest BCUT2D eigenvalue weighted by Gasteiger charge is 2.29. The number of rotatable bonds is 7. The number of carbonyl (C=O) groups excluding carboxylic acids is 1. The van der Waals surface area contributed by atoms with E-state index in [0.29, 0.717) is 6.61 Å². The molecule has 0 heterocycles. The second-order valence-corrected chi connectivity index (χ2v) is 5.60. The topological polar surface area (TPSA) is 107 Å². The van der Waals surface area contributed by atoms with Gasteiger partial charge >= 0.3 is 5.69 Å². The average molecular weight is 309 g/mol. The molecular formula is C15H23N3O4. The number of ether oxygens (including phenoxy) is 1. The monoisotopic (exact) mass is 309 g/mol. The molecule has 1 rings (SSSR count). The highest BCUT2D eigenvalue weighted by Crippen LogP contribution is 2.28. The molecule has 1 atom stereocenters. The first-order valence-electron chi connectivity index (χ1n) is 7.19.